The average molecular weight is 403 g/mol. The number of carbonyl (C=O) groups excluding carboxylic acids is 2. The van der Waals surface area contributed by atoms with Crippen LogP contribution in [-0.4, -0.2) is 38.2 Å². The second kappa shape index (κ2) is 8.57. The number of benzene rings is 1. The maximum Gasteiger partial charge on any atom is 0.327 e. The first-order chi connectivity index (χ1) is 13.5. The summed E-state index contributed by atoms with van der Waals surface area (Å²) < 4.78 is 7.83. The van der Waals surface area contributed by atoms with Crippen molar-refractivity contribution in [1.82, 2.24) is 19.6 Å². The van der Waals surface area contributed by atoms with Gasteiger partial charge in [-0.05, 0) is 26.0 Å². The van der Waals surface area contributed by atoms with Crippen LogP contribution >= 0.6 is 11.6 Å². The summed E-state index contributed by atoms with van der Waals surface area (Å²) in [5, 5.41) is 14.3. The minimum absolute atomic E-state index is 0.0293. The summed E-state index contributed by atoms with van der Waals surface area (Å²) in [5.74, 6) is 0.288. The molecule has 0 aliphatic heterocycles. The van der Waals surface area contributed by atoms with Crippen LogP contribution in [0.5, 0.6) is 0 Å². The van der Waals surface area contributed by atoms with Gasteiger partial charge >= 0.3 is 12.0 Å². The average Bonchev–Trinajstić information content (AvgIpc) is 3.22. The van der Waals surface area contributed by atoms with Crippen LogP contribution < -0.4 is 10.6 Å². The van der Waals surface area contributed by atoms with E-state index in [0.717, 1.165) is 5.56 Å². The molecule has 2 aromatic heterocycles. The van der Waals surface area contributed by atoms with Crippen LogP contribution in [0.4, 0.5) is 16.4 Å². The van der Waals surface area contributed by atoms with Crippen molar-refractivity contribution in [3.8, 4) is 5.69 Å². The number of halogens is 1. The number of urea groups is 1. The van der Waals surface area contributed by atoms with E-state index in [0.29, 0.717) is 29.0 Å². The fourth-order valence-electron chi connectivity index (χ4n) is 2.45. The molecule has 0 unspecified atom stereocenters. The van der Waals surface area contributed by atoms with Crippen molar-refractivity contribution >= 4 is 35.2 Å². The molecule has 3 rings (SSSR count). The van der Waals surface area contributed by atoms with Crippen LogP contribution in [-0.2, 0) is 16.1 Å². The Morgan fingerprint density at radius 2 is 1.96 bits per heavy atom. The molecule has 146 valence electrons. The minimum atomic E-state index is -0.506. The number of esters is 1. The maximum absolute atomic E-state index is 12.2. The highest BCUT2D eigenvalue weighted by Crippen LogP contribution is 2.22. The maximum atomic E-state index is 12.2. The zero-order valence-corrected chi connectivity index (χ0v) is 16.1. The monoisotopic (exact) mass is 402 g/mol. The smallest absolute Gasteiger partial charge is 0.327 e. The summed E-state index contributed by atoms with van der Waals surface area (Å²) in [5.41, 5.74) is 1.47. The van der Waals surface area contributed by atoms with Gasteiger partial charge in [-0.25, -0.2) is 9.48 Å². The Bertz CT molecular complexity index is 997. The van der Waals surface area contributed by atoms with Gasteiger partial charge in [0.25, 0.3) is 0 Å². The molecular weight excluding hydrogens is 384 g/mol. The Morgan fingerprint density at radius 1 is 1.18 bits per heavy atom. The molecule has 3 aromatic rings. The molecule has 0 saturated heterocycles. The molecule has 1 aromatic carbocycles. The van der Waals surface area contributed by atoms with E-state index >= 15 is 0 Å². The zero-order chi connectivity index (χ0) is 20.1. The lowest BCUT2D eigenvalue weighted by atomic mass is 10.3. The van der Waals surface area contributed by atoms with Crippen molar-refractivity contribution in [3.05, 3.63) is 53.3 Å². The molecule has 2 N–H and O–H groups in total. The lowest BCUT2D eigenvalue weighted by Crippen LogP contribution is -2.21. The summed E-state index contributed by atoms with van der Waals surface area (Å²) in [6.45, 7) is 3.82. The van der Waals surface area contributed by atoms with E-state index in [2.05, 4.69) is 20.8 Å². The molecular formula is C18H19ClN6O3. The van der Waals surface area contributed by atoms with Crippen molar-refractivity contribution in [3.63, 3.8) is 0 Å². The number of hydrogen-bond acceptors (Lipinski definition) is 5. The summed E-state index contributed by atoms with van der Waals surface area (Å²) >= 11 is 6.19. The topological polar surface area (TPSA) is 103 Å². The predicted octanol–water partition coefficient (Wildman–Crippen LogP) is 3.24. The van der Waals surface area contributed by atoms with Crippen molar-refractivity contribution in [1.29, 1.82) is 0 Å². The Kier molecular flexibility index (Phi) is 5.95. The van der Waals surface area contributed by atoms with Gasteiger partial charge in [0.2, 0.25) is 0 Å². The van der Waals surface area contributed by atoms with E-state index in [1.54, 1.807) is 36.1 Å². The number of hydrogen-bond donors (Lipinski definition) is 2. The van der Waals surface area contributed by atoms with Gasteiger partial charge in [-0.3, -0.25) is 20.1 Å². The van der Waals surface area contributed by atoms with Crippen LogP contribution in [0.2, 0.25) is 5.02 Å². The highest BCUT2D eigenvalue weighted by atomic mass is 35.5. The van der Waals surface area contributed by atoms with Gasteiger partial charge in [0.05, 0.1) is 17.3 Å². The van der Waals surface area contributed by atoms with Crippen LogP contribution in [0.25, 0.3) is 5.69 Å². The van der Waals surface area contributed by atoms with Crippen molar-refractivity contribution in [2.45, 2.75) is 20.4 Å². The van der Waals surface area contributed by atoms with Crippen LogP contribution in [0, 0.1) is 6.92 Å². The fourth-order valence-corrected chi connectivity index (χ4v) is 2.68. The number of nitrogens with zero attached hydrogens (tertiary/aromatic N) is 4. The third kappa shape index (κ3) is 4.68. The minimum Gasteiger partial charge on any atom is -0.465 e. The van der Waals surface area contributed by atoms with Crippen molar-refractivity contribution < 1.29 is 14.3 Å². The molecule has 0 aliphatic rings. The number of ether oxygens (including phenoxy) is 1. The molecule has 2 heterocycles. The van der Waals surface area contributed by atoms with Gasteiger partial charge < -0.3 is 4.74 Å². The van der Waals surface area contributed by atoms with Crippen molar-refractivity contribution in [2.75, 3.05) is 17.2 Å². The second-order valence-electron chi connectivity index (χ2n) is 5.84. The molecule has 0 saturated carbocycles. The molecule has 0 fully saturated rings. The highest BCUT2D eigenvalue weighted by Gasteiger charge is 2.13. The number of aryl methyl sites for hydroxylation is 1. The zero-order valence-electron chi connectivity index (χ0n) is 15.3. The van der Waals surface area contributed by atoms with E-state index in [1.165, 1.54) is 4.68 Å². The lowest BCUT2D eigenvalue weighted by Gasteiger charge is -2.05. The van der Waals surface area contributed by atoms with Crippen LogP contribution in [0.3, 0.4) is 0 Å². The number of aromatic nitrogens is 4. The number of para-hydroxylation sites is 1. The Morgan fingerprint density at radius 3 is 2.71 bits per heavy atom. The van der Waals surface area contributed by atoms with E-state index in [1.807, 2.05) is 25.1 Å². The van der Waals surface area contributed by atoms with E-state index in [4.69, 9.17) is 16.3 Å². The lowest BCUT2D eigenvalue weighted by molar-refractivity contribution is -0.144. The van der Waals surface area contributed by atoms with Gasteiger partial charge in [0.15, 0.2) is 11.6 Å². The molecule has 9 nitrogen and oxygen atoms in total. The van der Waals surface area contributed by atoms with E-state index in [9.17, 15) is 9.59 Å². The first-order valence-corrected chi connectivity index (χ1v) is 8.92. The van der Waals surface area contributed by atoms with Gasteiger partial charge in [0.1, 0.15) is 6.54 Å². The third-order valence-corrected chi connectivity index (χ3v) is 4.03. The number of rotatable bonds is 6. The fraction of sp³-hybridized carbons (Fsp3) is 0.222. The molecule has 28 heavy (non-hydrogen) atoms. The Labute approximate surface area is 166 Å². The predicted molar refractivity (Wildman–Crippen MR) is 105 cm³/mol. The SMILES string of the molecule is CCOC(=O)Cn1ccc(NC(=O)Nc2nn(-c3ccccc3Cl)cc2C)n1. The highest BCUT2D eigenvalue weighted by molar-refractivity contribution is 6.32. The Balaban J connectivity index is 1.64. The van der Waals surface area contributed by atoms with Gasteiger partial charge in [-0.2, -0.15) is 5.10 Å². The summed E-state index contributed by atoms with van der Waals surface area (Å²) in [6, 6.07) is 8.35. The summed E-state index contributed by atoms with van der Waals surface area (Å²) in [6.07, 6.45) is 3.34. The van der Waals surface area contributed by atoms with Gasteiger partial charge in [-0.1, -0.05) is 23.7 Å². The number of anilines is 2. The molecule has 0 spiro atoms. The van der Waals surface area contributed by atoms with Crippen LogP contribution in [0.15, 0.2) is 42.7 Å². The largest absolute Gasteiger partial charge is 0.465 e. The normalized spacial score (nSPS) is 10.5. The summed E-state index contributed by atoms with van der Waals surface area (Å²) in [4.78, 5) is 23.7. The third-order valence-electron chi connectivity index (χ3n) is 3.71. The Hall–Kier alpha value is -3.33. The molecule has 0 atom stereocenters. The van der Waals surface area contributed by atoms with Gasteiger partial charge in [-0.15, -0.1) is 5.10 Å². The summed E-state index contributed by atoms with van der Waals surface area (Å²) in [7, 11) is 0. The number of nitrogens with one attached hydrogen (secondary N) is 2. The molecule has 0 bridgehead atoms. The quantitative estimate of drug-likeness (QED) is 0.616. The molecule has 2 amide bonds. The van der Waals surface area contributed by atoms with Crippen LogP contribution in [0.1, 0.15) is 12.5 Å². The first kappa shape index (κ1) is 19.4. The van der Waals surface area contributed by atoms with E-state index in [-0.39, 0.29) is 6.54 Å². The van der Waals surface area contributed by atoms with Gasteiger partial charge in [0, 0.05) is 24.0 Å². The number of carbonyl (C=O) groups is 2. The molecule has 0 radical (unpaired) electrons. The van der Waals surface area contributed by atoms with E-state index < -0.39 is 12.0 Å². The standard InChI is InChI=1S/C18H19ClN6O3/c1-3-28-16(26)11-24-9-8-15(22-24)20-18(27)21-17-12(2)10-25(23-17)14-7-5-4-6-13(14)19/h4-10H,3,11H2,1-2H3,(H2,20,21,22,23,27). The second-order valence-corrected chi connectivity index (χ2v) is 6.25. The van der Waals surface area contributed by atoms with Crippen molar-refractivity contribution in [2.24, 2.45) is 0 Å². The molecule has 0 aliphatic carbocycles. The first-order valence-electron chi connectivity index (χ1n) is 8.54. The number of amides is 2. The molecule has 10 heteroatoms.